The first kappa shape index (κ1) is 30.1. The molecule has 0 radical (unpaired) electrons. The Morgan fingerprint density at radius 3 is 2.13 bits per heavy atom. The standard InChI is InChI=1S/C29H30ClF3N2O4/c1-27(2,3)26(37)35-24-18(12-13-34-25(24)23-20(32)8-7-9-21(23)33)29(38,15-22(36)39-28(4,5)6)17-11-10-16(31)14-19(17)30/h7-14,38H,15H2,1-6H3,(H,35,37). The van der Waals surface area contributed by atoms with Crippen LogP contribution >= 0.6 is 11.6 Å². The molecule has 0 saturated carbocycles. The topological polar surface area (TPSA) is 88.5 Å². The number of carbonyl (C=O) groups excluding carboxylic acids is 2. The molecule has 1 amide bonds. The molecular weight excluding hydrogens is 533 g/mol. The second-order valence-corrected chi connectivity index (χ2v) is 11.5. The van der Waals surface area contributed by atoms with E-state index in [-0.39, 0.29) is 27.5 Å². The highest BCUT2D eigenvalue weighted by molar-refractivity contribution is 6.31. The highest BCUT2D eigenvalue weighted by atomic mass is 35.5. The molecule has 0 aliphatic heterocycles. The average Bonchev–Trinajstić information content (AvgIpc) is 2.77. The molecule has 1 aromatic heterocycles. The third kappa shape index (κ3) is 6.78. The molecule has 10 heteroatoms. The smallest absolute Gasteiger partial charge is 0.309 e. The van der Waals surface area contributed by atoms with Gasteiger partial charge in [-0.1, -0.05) is 44.5 Å². The average molecular weight is 563 g/mol. The Kier molecular flexibility index (Phi) is 8.48. The van der Waals surface area contributed by atoms with Crippen LogP contribution in [0.2, 0.25) is 5.02 Å². The van der Waals surface area contributed by atoms with Crippen molar-refractivity contribution in [2.45, 2.75) is 59.2 Å². The first-order chi connectivity index (χ1) is 17.9. The van der Waals surface area contributed by atoms with Gasteiger partial charge >= 0.3 is 5.97 Å². The fraction of sp³-hybridized carbons (Fsp3) is 0.345. The number of benzene rings is 2. The minimum Gasteiger partial charge on any atom is -0.460 e. The molecule has 3 rings (SSSR count). The van der Waals surface area contributed by atoms with E-state index in [9.17, 15) is 27.9 Å². The van der Waals surface area contributed by atoms with Gasteiger partial charge in [-0.25, -0.2) is 13.2 Å². The van der Waals surface area contributed by atoms with Gasteiger partial charge in [0, 0.05) is 27.8 Å². The van der Waals surface area contributed by atoms with E-state index in [1.165, 1.54) is 24.4 Å². The van der Waals surface area contributed by atoms with E-state index in [4.69, 9.17) is 16.3 Å². The number of pyridine rings is 1. The molecule has 0 saturated heterocycles. The molecule has 1 heterocycles. The normalized spacial score (nSPS) is 13.5. The third-order valence-electron chi connectivity index (χ3n) is 5.71. The van der Waals surface area contributed by atoms with Crippen LogP contribution in [0.15, 0.2) is 48.7 Å². The van der Waals surface area contributed by atoms with Gasteiger partial charge < -0.3 is 15.2 Å². The van der Waals surface area contributed by atoms with Crippen LogP contribution in [0.3, 0.4) is 0 Å². The summed E-state index contributed by atoms with van der Waals surface area (Å²) in [4.78, 5) is 30.3. The van der Waals surface area contributed by atoms with Gasteiger partial charge in [-0.15, -0.1) is 0 Å². The Balaban J connectivity index is 2.40. The number of hydrogen-bond acceptors (Lipinski definition) is 5. The minimum atomic E-state index is -2.35. The summed E-state index contributed by atoms with van der Waals surface area (Å²) in [6.45, 7) is 9.75. The molecule has 6 nitrogen and oxygen atoms in total. The maximum absolute atomic E-state index is 15.0. The fourth-order valence-electron chi connectivity index (χ4n) is 3.89. The molecule has 2 aromatic carbocycles. The molecule has 0 spiro atoms. The maximum Gasteiger partial charge on any atom is 0.309 e. The lowest BCUT2D eigenvalue weighted by molar-refractivity contribution is -0.159. The van der Waals surface area contributed by atoms with E-state index in [1.807, 2.05) is 0 Å². The SMILES string of the molecule is CC(C)(C)OC(=O)CC(O)(c1ccc(F)cc1Cl)c1ccnc(-c2c(F)cccc2F)c1NC(=O)C(C)(C)C. The number of ether oxygens (including phenoxy) is 1. The van der Waals surface area contributed by atoms with Crippen LogP contribution in [0.5, 0.6) is 0 Å². The third-order valence-corrected chi connectivity index (χ3v) is 6.03. The van der Waals surface area contributed by atoms with Crippen molar-refractivity contribution in [3.63, 3.8) is 0 Å². The summed E-state index contributed by atoms with van der Waals surface area (Å²) in [7, 11) is 0. The first-order valence-corrected chi connectivity index (χ1v) is 12.5. The second kappa shape index (κ2) is 11.0. The number of aliphatic hydroxyl groups is 1. The van der Waals surface area contributed by atoms with E-state index in [2.05, 4.69) is 10.3 Å². The largest absolute Gasteiger partial charge is 0.460 e. The van der Waals surface area contributed by atoms with Crippen LogP contribution in [0.25, 0.3) is 11.3 Å². The fourth-order valence-corrected chi connectivity index (χ4v) is 4.22. The lowest BCUT2D eigenvalue weighted by Gasteiger charge is -2.33. The summed E-state index contributed by atoms with van der Waals surface area (Å²) in [5.41, 5.74) is -5.67. The molecule has 1 atom stereocenters. The van der Waals surface area contributed by atoms with Crippen molar-refractivity contribution in [2.24, 2.45) is 5.41 Å². The second-order valence-electron chi connectivity index (χ2n) is 11.1. The van der Waals surface area contributed by atoms with Crippen LogP contribution < -0.4 is 5.32 Å². The predicted octanol–water partition coefficient (Wildman–Crippen LogP) is 6.77. The number of nitrogens with zero attached hydrogens (tertiary/aromatic N) is 1. The van der Waals surface area contributed by atoms with E-state index >= 15 is 0 Å². The number of amides is 1. The van der Waals surface area contributed by atoms with Crippen molar-refractivity contribution in [3.8, 4) is 11.3 Å². The maximum atomic E-state index is 15.0. The van der Waals surface area contributed by atoms with Crippen LogP contribution in [0, 0.1) is 22.9 Å². The van der Waals surface area contributed by atoms with Gasteiger partial charge in [0.15, 0.2) is 0 Å². The summed E-state index contributed by atoms with van der Waals surface area (Å²) in [6.07, 6.45) is 0.429. The number of carbonyl (C=O) groups is 2. The Morgan fingerprint density at radius 1 is 0.974 bits per heavy atom. The molecule has 39 heavy (non-hydrogen) atoms. The van der Waals surface area contributed by atoms with Crippen LogP contribution in [0.1, 0.15) is 59.1 Å². The van der Waals surface area contributed by atoms with Crippen LogP contribution in [-0.2, 0) is 19.9 Å². The van der Waals surface area contributed by atoms with Gasteiger partial charge in [-0.2, -0.15) is 0 Å². The van der Waals surface area contributed by atoms with Crippen LogP contribution in [-0.4, -0.2) is 27.6 Å². The highest BCUT2D eigenvalue weighted by Crippen LogP contribution is 2.45. The number of anilines is 1. The highest BCUT2D eigenvalue weighted by Gasteiger charge is 2.41. The summed E-state index contributed by atoms with van der Waals surface area (Å²) in [5.74, 6) is -4.07. The Morgan fingerprint density at radius 2 is 1.59 bits per heavy atom. The van der Waals surface area contributed by atoms with Crippen molar-refractivity contribution in [3.05, 3.63) is 82.3 Å². The van der Waals surface area contributed by atoms with Gasteiger partial charge in [0.25, 0.3) is 0 Å². The Hall–Kier alpha value is -3.43. The minimum absolute atomic E-state index is 0.103. The van der Waals surface area contributed by atoms with Gasteiger partial charge in [0.2, 0.25) is 5.91 Å². The number of rotatable bonds is 6. The lowest BCUT2D eigenvalue weighted by atomic mass is 9.81. The number of halogens is 4. The Bertz CT molecular complexity index is 1400. The van der Waals surface area contributed by atoms with Gasteiger partial charge in [0.1, 0.15) is 34.3 Å². The molecule has 208 valence electrons. The van der Waals surface area contributed by atoms with Gasteiger partial charge in [-0.05, 0) is 51.1 Å². The van der Waals surface area contributed by atoms with Crippen molar-refractivity contribution in [2.75, 3.05) is 5.32 Å². The Labute approximate surface area is 230 Å². The summed E-state index contributed by atoms with van der Waals surface area (Å²) in [6, 6.07) is 7.66. The number of hydrogen-bond donors (Lipinski definition) is 2. The van der Waals surface area contributed by atoms with E-state index in [0.717, 1.165) is 24.3 Å². The van der Waals surface area contributed by atoms with Crippen molar-refractivity contribution in [1.82, 2.24) is 4.98 Å². The molecule has 0 aliphatic carbocycles. The quantitative estimate of drug-likeness (QED) is 0.324. The molecule has 0 bridgehead atoms. The molecule has 1 unspecified atom stereocenters. The van der Waals surface area contributed by atoms with E-state index < -0.39 is 57.9 Å². The monoisotopic (exact) mass is 562 g/mol. The zero-order valence-electron chi connectivity index (χ0n) is 22.5. The number of nitrogens with one attached hydrogen (secondary N) is 1. The molecule has 0 aliphatic rings. The molecule has 3 aromatic rings. The zero-order valence-corrected chi connectivity index (χ0v) is 23.2. The molecule has 2 N–H and O–H groups in total. The lowest BCUT2D eigenvalue weighted by Crippen LogP contribution is -2.36. The number of esters is 1. The van der Waals surface area contributed by atoms with Crippen molar-refractivity contribution >= 4 is 29.2 Å². The summed E-state index contributed by atoms with van der Waals surface area (Å²) < 4.78 is 49.3. The van der Waals surface area contributed by atoms with Crippen molar-refractivity contribution < 1.29 is 32.6 Å². The zero-order chi connectivity index (χ0) is 29.3. The molecule has 0 fully saturated rings. The number of aromatic nitrogens is 1. The summed E-state index contributed by atoms with van der Waals surface area (Å²) >= 11 is 6.34. The van der Waals surface area contributed by atoms with Crippen LogP contribution in [0.4, 0.5) is 18.9 Å². The van der Waals surface area contributed by atoms with E-state index in [0.29, 0.717) is 0 Å². The summed E-state index contributed by atoms with van der Waals surface area (Å²) in [5, 5.41) is 14.6. The van der Waals surface area contributed by atoms with Gasteiger partial charge in [0.05, 0.1) is 17.7 Å². The predicted molar refractivity (Wildman–Crippen MR) is 143 cm³/mol. The first-order valence-electron chi connectivity index (χ1n) is 12.1. The van der Waals surface area contributed by atoms with Crippen molar-refractivity contribution in [1.29, 1.82) is 0 Å². The molecular formula is C29H30ClF3N2O4. The van der Waals surface area contributed by atoms with E-state index in [1.54, 1.807) is 41.5 Å². The van der Waals surface area contributed by atoms with Gasteiger partial charge in [-0.3, -0.25) is 14.6 Å².